The minimum atomic E-state index is 0.347. The number of aromatic nitrogens is 2. The van der Waals surface area contributed by atoms with Crippen molar-refractivity contribution in [2.45, 2.75) is 5.37 Å². The predicted molar refractivity (Wildman–Crippen MR) is 42.5 cm³/mol. The Balaban J connectivity index is 2.14. The zero-order valence-corrected chi connectivity index (χ0v) is 6.65. The fraction of sp³-hybridized carbons (Fsp3) is 0.200. The number of nitrogens with one attached hydrogen (secondary N) is 1. The Morgan fingerprint density at radius 2 is 2.60 bits per heavy atom. The molecule has 1 N–H and O–H groups in total. The monoisotopic (exact) mass is 171 g/mol. The lowest BCUT2D eigenvalue weighted by atomic mass is 10.5. The quantitative estimate of drug-likeness (QED) is 0.692. The average Bonchev–Trinajstić information content (AvgIpc) is 2.59. The van der Waals surface area contributed by atoms with Gasteiger partial charge in [-0.1, -0.05) is 4.49 Å². The van der Waals surface area contributed by atoms with E-state index in [9.17, 15) is 0 Å². The van der Waals surface area contributed by atoms with E-state index < -0.39 is 0 Å². The smallest absolute Gasteiger partial charge is 0.114 e. The Morgan fingerprint density at radius 3 is 3.20 bits per heavy atom. The highest BCUT2D eigenvalue weighted by molar-refractivity contribution is 8.02. The first kappa shape index (κ1) is 6.18. The molecule has 52 valence electrons. The van der Waals surface area contributed by atoms with Gasteiger partial charge in [0.25, 0.3) is 0 Å². The van der Waals surface area contributed by atoms with E-state index in [2.05, 4.69) is 14.9 Å². The molecular weight excluding hydrogens is 166 g/mol. The van der Waals surface area contributed by atoms with Crippen molar-refractivity contribution in [3.05, 3.63) is 22.7 Å². The van der Waals surface area contributed by atoms with Crippen LogP contribution in [0.15, 0.2) is 17.8 Å². The molecule has 0 aliphatic carbocycles. The molecule has 5 heteroatoms. The number of rotatable bonds is 1. The highest BCUT2D eigenvalue weighted by Crippen LogP contribution is 2.31. The first-order chi connectivity index (χ1) is 4.97. The fourth-order valence-electron chi connectivity index (χ4n) is 0.723. The third-order valence-corrected chi connectivity index (χ3v) is 3.00. The SMILES string of the molecule is C1=CSC(c2cnns2)N1. The second-order valence-corrected chi connectivity index (χ2v) is 3.64. The number of hydrogen-bond acceptors (Lipinski definition) is 5. The molecule has 0 amide bonds. The summed E-state index contributed by atoms with van der Waals surface area (Å²) in [7, 11) is 0. The summed E-state index contributed by atoms with van der Waals surface area (Å²) in [4.78, 5) is 1.18. The fourth-order valence-corrected chi connectivity index (χ4v) is 2.13. The van der Waals surface area contributed by atoms with Gasteiger partial charge in [-0.3, -0.25) is 0 Å². The molecule has 2 heterocycles. The maximum absolute atomic E-state index is 3.78. The van der Waals surface area contributed by atoms with Crippen molar-refractivity contribution in [3.63, 3.8) is 0 Å². The first-order valence-corrected chi connectivity index (χ1v) is 4.52. The minimum absolute atomic E-state index is 0.347. The lowest BCUT2D eigenvalue weighted by molar-refractivity contribution is 0.875. The summed E-state index contributed by atoms with van der Waals surface area (Å²) in [6.45, 7) is 0. The Morgan fingerprint density at radius 1 is 1.60 bits per heavy atom. The molecule has 0 saturated carbocycles. The molecule has 0 spiro atoms. The van der Waals surface area contributed by atoms with E-state index >= 15 is 0 Å². The molecule has 10 heavy (non-hydrogen) atoms. The van der Waals surface area contributed by atoms with Crippen LogP contribution in [0.3, 0.4) is 0 Å². The molecule has 0 radical (unpaired) electrons. The van der Waals surface area contributed by atoms with Crippen molar-refractivity contribution >= 4 is 23.3 Å². The van der Waals surface area contributed by atoms with Crippen molar-refractivity contribution in [2.24, 2.45) is 0 Å². The topological polar surface area (TPSA) is 37.8 Å². The zero-order chi connectivity index (χ0) is 6.81. The van der Waals surface area contributed by atoms with Crippen molar-refractivity contribution in [3.8, 4) is 0 Å². The lowest BCUT2D eigenvalue weighted by Gasteiger charge is -2.03. The van der Waals surface area contributed by atoms with Crippen LogP contribution in [0.1, 0.15) is 10.3 Å². The van der Waals surface area contributed by atoms with Crippen LogP contribution in [-0.2, 0) is 0 Å². The summed E-state index contributed by atoms with van der Waals surface area (Å²) >= 11 is 3.17. The van der Waals surface area contributed by atoms with E-state index in [0.29, 0.717) is 5.37 Å². The van der Waals surface area contributed by atoms with Crippen LogP contribution in [0.5, 0.6) is 0 Å². The van der Waals surface area contributed by atoms with Crippen LogP contribution in [0.2, 0.25) is 0 Å². The van der Waals surface area contributed by atoms with E-state index in [1.54, 1.807) is 18.0 Å². The molecule has 3 nitrogen and oxygen atoms in total. The van der Waals surface area contributed by atoms with Crippen LogP contribution in [0.4, 0.5) is 0 Å². The van der Waals surface area contributed by atoms with Crippen molar-refractivity contribution in [1.29, 1.82) is 0 Å². The Hall–Kier alpha value is -0.550. The highest BCUT2D eigenvalue weighted by Gasteiger charge is 2.13. The summed E-state index contributed by atoms with van der Waals surface area (Å²) < 4.78 is 3.78. The summed E-state index contributed by atoms with van der Waals surface area (Å²) in [5, 5.41) is 9.31. The number of thioether (sulfide) groups is 1. The molecule has 0 aromatic carbocycles. The predicted octanol–water partition coefficient (Wildman–Crippen LogP) is 1.34. The van der Waals surface area contributed by atoms with Gasteiger partial charge in [-0.25, -0.2) is 0 Å². The molecule has 1 atom stereocenters. The molecule has 0 fully saturated rings. The summed E-state index contributed by atoms with van der Waals surface area (Å²) in [5.74, 6) is 0. The number of hydrogen-bond donors (Lipinski definition) is 1. The molecule has 0 saturated heterocycles. The minimum Gasteiger partial charge on any atom is -0.374 e. The highest BCUT2D eigenvalue weighted by atomic mass is 32.2. The molecule has 2 rings (SSSR count). The molecule has 1 unspecified atom stereocenters. The van der Waals surface area contributed by atoms with Crippen LogP contribution >= 0.6 is 23.3 Å². The van der Waals surface area contributed by atoms with Gasteiger partial charge < -0.3 is 5.32 Å². The van der Waals surface area contributed by atoms with E-state index in [1.165, 1.54) is 16.4 Å². The Kier molecular flexibility index (Phi) is 1.60. The molecule has 0 bridgehead atoms. The van der Waals surface area contributed by atoms with Crippen LogP contribution in [0, 0.1) is 0 Å². The third-order valence-electron chi connectivity index (χ3n) is 1.17. The van der Waals surface area contributed by atoms with E-state index in [1.807, 2.05) is 11.6 Å². The largest absolute Gasteiger partial charge is 0.374 e. The van der Waals surface area contributed by atoms with Gasteiger partial charge in [0.15, 0.2) is 0 Å². The summed E-state index contributed by atoms with van der Waals surface area (Å²) in [6.07, 6.45) is 3.73. The van der Waals surface area contributed by atoms with Crippen LogP contribution < -0.4 is 5.32 Å². The molecule has 1 aliphatic rings. The maximum atomic E-state index is 3.78. The summed E-state index contributed by atoms with van der Waals surface area (Å²) in [6, 6.07) is 0. The normalized spacial score (nSPS) is 23.0. The van der Waals surface area contributed by atoms with Gasteiger partial charge in [0, 0.05) is 6.20 Å². The van der Waals surface area contributed by atoms with Gasteiger partial charge in [0.2, 0.25) is 0 Å². The number of nitrogens with zero attached hydrogens (tertiary/aromatic N) is 2. The zero-order valence-electron chi connectivity index (χ0n) is 5.02. The molecule has 1 aromatic rings. The average molecular weight is 171 g/mol. The molecular formula is C5H5N3S2. The van der Waals surface area contributed by atoms with Gasteiger partial charge in [0.1, 0.15) is 5.37 Å². The van der Waals surface area contributed by atoms with Crippen LogP contribution in [-0.4, -0.2) is 9.59 Å². The maximum Gasteiger partial charge on any atom is 0.114 e. The van der Waals surface area contributed by atoms with Gasteiger partial charge in [-0.2, -0.15) is 0 Å². The van der Waals surface area contributed by atoms with Gasteiger partial charge in [-0.05, 0) is 16.9 Å². The van der Waals surface area contributed by atoms with Gasteiger partial charge >= 0.3 is 0 Å². The van der Waals surface area contributed by atoms with E-state index in [0.717, 1.165) is 0 Å². The lowest BCUT2D eigenvalue weighted by Crippen LogP contribution is -2.04. The Bertz CT molecular complexity index is 223. The van der Waals surface area contributed by atoms with Gasteiger partial charge in [0.05, 0.1) is 11.1 Å². The second kappa shape index (κ2) is 2.59. The van der Waals surface area contributed by atoms with Gasteiger partial charge in [-0.15, -0.1) is 16.9 Å². The third kappa shape index (κ3) is 1.02. The van der Waals surface area contributed by atoms with E-state index in [4.69, 9.17) is 0 Å². The van der Waals surface area contributed by atoms with Crippen molar-refractivity contribution < 1.29 is 0 Å². The molecule has 1 aromatic heterocycles. The summed E-state index contributed by atoms with van der Waals surface area (Å²) in [5.41, 5.74) is 0. The van der Waals surface area contributed by atoms with Crippen molar-refractivity contribution in [1.82, 2.24) is 14.9 Å². The van der Waals surface area contributed by atoms with Crippen LogP contribution in [0.25, 0.3) is 0 Å². The van der Waals surface area contributed by atoms with E-state index in [-0.39, 0.29) is 0 Å². The second-order valence-electron chi connectivity index (χ2n) is 1.81. The Labute approximate surface area is 66.7 Å². The first-order valence-electron chi connectivity index (χ1n) is 2.80. The van der Waals surface area contributed by atoms with Crippen molar-refractivity contribution in [2.75, 3.05) is 0 Å². The molecule has 1 aliphatic heterocycles. The standard InChI is InChI=1S/C5H5N3S2/c1-2-9-5(6-1)4-3-7-8-10-4/h1-3,5-6H.